The third kappa shape index (κ3) is 4.52. The molecule has 1 fully saturated rings. The minimum Gasteiger partial charge on any atom is -0.390 e. The van der Waals surface area contributed by atoms with Crippen LogP contribution >= 0.6 is 0 Å². The molecule has 1 N–H and O–H groups in total. The van der Waals surface area contributed by atoms with Crippen LogP contribution in [0.4, 0.5) is 0 Å². The molecule has 140 valence electrons. The van der Waals surface area contributed by atoms with Crippen molar-refractivity contribution in [2.45, 2.75) is 64.5 Å². The van der Waals surface area contributed by atoms with E-state index >= 15 is 0 Å². The van der Waals surface area contributed by atoms with Crippen molar-refractivity contribution in [3.8, 4) is 0 Å². The molecule has 0 radical (unpaired) electrons. The van der Waals surface area contributed by atoms with Crippen LogP contribution in [0.3, 0.4) is 0 Å². The fourth-order valence-corrected chi connectivity index (χ4v) is 3.50. The van der Waals surface area contributed by atoms with Crippen LogP contribution in [0.5, 0.6) is 0 Å². The van der Waals surface area contributed by atoms with Crippen molar-refractivity contribution in [2.24, 2.45) is 0 Å². The Balaban J connectivity index is 1.78. The predicted octanol–water partition coefficient (Wildman–Crippen LogP) is 4.05. The van der Waals surface area contributed by atoms with Crippen molar-refractivity contribution in [1.82, 2.24) is 10.1 Å². The first-order valence-corrected chi connectivity index (χ1v) is 9.39. The number of benzene rings is 1. The number of aromatic nitrogens is 1. The van der Waals surface area contributed by atoms with Crippen LogP contribution in [0.25, 0.3) is 0 Å². The molecule has 1 aromatic carbocycles. The molecule has 1 aliphatic heterocycles. The lowest BCUT2D eigenvalue weighted by molar-refractivity contribution is 0.0602. The van der Waals surface area contributed by atoms with E-state index in [9.17, 15) is 9.90 Å². The van der Waals surface area contributed by atoms with E-state index in [1.165, 1.54) is 0 Å². The van der Waals surface area contributed by atoms with Crippen molar-refractivity contribution >= 4 is 5.91 Å². The van der Waals surface area contributed by atoms with Gasteiger partial charge in [-0.1, -0.05) is 17.3 Å². The largest absolute Gasteiger partial charge is 0.390 e. The van der Waals surface area contributed by atoms with Gasteiger partial charge in [-0.05, 0) is 70.6 Å². The van der Waals surface area contributed by atoms with E-state index in [0.717, 1.165) is 49.2 Å². The lowest BCUT2D eigenvalue weighted by Crippen LogP contribution is -2.38. The molecule has 3 rings (SSSR count). The van der Waals surface area contributed by atoms with Gasteiger partial charge in [0, 0.05) is 18.2 Å². The summed E-state index contributed by atoms with van der Waals surface area (Å²) in [7, 11) is 0. The summed E-state index contributed by atoms with van der Waals surface area (Å²) in [6.45, 7) is 6.22. The van der Waals surface area contributed by atoms with Crippen LogP contribution in [-0.4, -0.2) is 33.2 Å². The molecule has 0 unspecified atom stereocenters. The zero-order valence-corrected chi connectivity index (χ0v) is 15.9. The molecule has 0 saturated carbocycles. The van der Waals surface area contributed by atoms with Crippen molar-refractivity contribution in [3.05, 3.63) is 52.9 Å². The molecule has 1 atom stereocenters. The third-order valence-electron chi connectivity index (χ3n) is 4.95. The van der Waals surface area contributed by atoms with E-state index < -0.39 is 5.60 Å². The number of rotatable bonds is 5. The fraction of sp³-hybridized carbons (Fsp3) is 0.524. The Hall–Kier alpha value is -2.14. The number of likely N-dealkylation sites (tertiary alicyclic amines) is 1. The van der Waals surface area contributed by atoms with Gasteiger partial charge in [-0.15, -0.1) is 0 Å². The van der Waals surface area contributed by atoms with Crippen LogP contribution in [0.1, 0.15) is 72.9 Å². The van der Waals surface area contributed by atoms with Gasteiger partial charge in [0.15, 0.2) is 0 Å². The highest BCUT2D eigenvalue weighted by molar-refractivity contribution is 5.94. The number of carbonyl (C=O) groups is 1. The van der Waals surface area contributed by atoms with Gasteiger partial charge in [-0.25, -0.2) is 0 Å². The topological polar surface area (TPSA) is 66.6 Å². The second-order valence-corrected chi connectivity index (χ2v) is 7.89. The summed E-state index contributed by atoms with van der Waals surface area (Å²) in [5, 5.41) is 14.1. The Morgan fingerprint density at radius 2 is 2.15 bits per heavy atom. The maximum atomic E-state index is 13.2. The molecule has 0 bridgehead atoms. The molecular formula is C21H28N2O3. The first-order chi connectivity index (χ1) is 12.3. The average molecular weight is 356 g/mol. The summed E-state index contributed by atoms with van der Waals surface area (Å²) in [4.78, 5) is 15.1. The smallest absolute Gasteiger partial charge is 0.254 e. The highest BCUT2D eigenvalue weighted by Gasteiger charge is 2.30. The molecule has 0 spiro atoms. The number of piperidine rings is 1. The number of aryl methyl sites for hydroxylation is 2. The van der Waals surface area contributed by atoms with E-state index in [0.29, 0.717) is 12.0 Å². The summed E-state index contributed by atoms with van der Waals surface area (Å²) >= 11 is 0. The standard InChI is InChI=1S/C21H28N2O3/c1-15-13-18(22-26-15)19-9-4-5-12-23(19)20(24)17-8-6-7-16(14-17)10-11-21(2,3)25/h6-8,13-14,19,25H,4-5,9-12H2,1-3H3/t19-/m1/s1. The molecule has 0 aliphatic carbocycles. The van der Waals surface area contributed by atoms with Crippen LogP contribution < -0.4 is 0 Å². The molecule has 1 saturated heterocycles. The SMILES string of the molecule is Cc1cc([C@H]2CCCCN2C(=O)c2cccc(CCC(C)(C)O)c2)no1. The van der Waals surface area contributed by atoms with Crippen molar-refractivity contribution in [3.63, 3.8) is 0 Å². The van der Waals surface area contributed by atoms with Gasteiger partial charge in [0.2, 0.25) is 0 Å². The van der Waals surface area contributed by atoms with Crippen LogP contribution in [0.15, 0.2) is 34.9 Å². The minimum absolute atomic E-state index is 0.0197. The van der Waals surface area contributed by atoms with E-state index in [1.807, 2.05) is 42.2 Å². The monoisotopic (exact) mass is 356 g/mol. The molecule has 1 amide bonds. The van der Waals surface area contributed by atoms with E-state index in [4.69, 9.17) is 4.52 Å². The van der Waals surface area contributed by atoms with Gasteiger partial charge in [-0.2, -0.15) is 0 Å². The molecular weight excluding hydrogens is 328 g/mol. The Bertz CT molecular complexity index is 761. The molecule has 5 heteroatoms. The van der Waals surface area contributed by atoms with Gasteiger partial charge < -0.3 is 14.5 Å². The number of aliphatic hydroxyl groups is 1. The summed E-state index contributed by atoms with van der Waals surface area (Å²) < 4.78 is 5.22. The Kier molecular flexibility index (Phi) is 5.47. The van der Waals surface area contributed by atoms with Crippen molar-refractivity contribution in [2.75, 3.05) is 6.54 Å². The van der Waals surface area contributed by atoms with E-state index in [2.05, 4.69) is 5.16 Å². The lowest BCUT2D eigenvalue weighted by atomic mass is 9.96. The highest BCUT2D eigenvalue weighted by atomic mass is 16.5. The Morgan fingerprint density at radius 3 is 2.85 bits per heavy atom. The van der Waals surface area contributed by atoms with Crippen LogP contribution in [0.2, 0.25) is 0 Å². The normalized spacial score (nSPS) is 18.2. The second kappa shape index (κ2) is 7.62. The van der Waals surface area contributed by atoms with E-state index in [-0.39, 0.29) is 11.9 Å². The van der Waals surface area contributed by atoms with Gasteiger partial charge >= 0.3 is 0 Å². The fourth-order valence-electron chi connectivity index (χ4n) is 3.50. The van der Waals surface area contributed by atoms with E-state index in [1.54, 1.807) is 13.8 Å². The van der Waals surface area contributed by atoms with Crippen molar-refractivity contribution in [1.29, 1.82) is 0 Å². The highest BCUT2D eigenvalue weighted by Crippen LogP contribution is 2.32. The Morgan fingerprint density at radius 1 is 1.35 bits per heavy atom. The van der Waals surface area contributed by atoms with Gasteiger partial charge in [0.1, 0.15) is 11.5 Å². The summed E-state index contributed by atoms with van der Waals surface area (Å²) in [5.74, 6) is 0.812. The lowest BCUT2D eigenvalue weighted by Gasteiger charge is -2.34. The molecule has 5 nitrogen and oxygen atoms in total. The quantitative estimate of drug-likeness (QED) is 0.877. The van der Waals surface area contributed by atoms with Crippen molar-refractivity contribution < 1.29 is 14.4 Å². The number of carbonyl (C=O) groups excluding carboxylic acids is 1. The number of nitrogens with zero attached hydrogens (tertiary/aromatic N) is 2. The number of amides is 1. The van der Waals surface area contributed by atoms with Crippen LogP contribution in [-0.2, 0) is 6.42 Å². The summed E-state index contributed by atoms with van der Waals surface area (Å²) in [6.07, 6.45) is 4.42. The molecule has 2 aromatic rings. The average Bonchev–Trinajstić information content (AvgIpc) is 3.05. The summed E-state index contributed by atoms with van der Waals surface area (Å²) in [5.41, 5.74) is 1.91. The molecule has 26 heavy (non-hydrogen) atoms. The van der Waals surface area contributed by atoms with Crippen LogP contribution in [0, 0.1) is 6.92 Å². The first-order valence-electron chi connectivity index (χ1n) is 9.39. The zero-order valence-electron chi connectivity index (χ0n) is 15.9. The summed E-state index contributed by atoms with van der Waals surface area (Å²) in [6, 6.07) is 9.66. The second-order valence-electron chi connectivity index (χ2n) is 7.89. The third-order valence-corrected chi connectivity index (χ3v) is 4.95. The maximum absolute atomic E-state index is 13.2. The maximum Gasteiger partial charge on any atom is 0.254 e. The van der Waals surface area contributed by atoms with Gasteiger partial charge in [0.05, 0.1) is 11.6 Å². The van der Waals surface area contributed by atoms with Gasteiger partial charge in [0.25, 0.3) is 5.91 Å². The van der Waals surface area contributed by atoms with Gasteiger partial charge in [-0.3, -0.25) is 4.79 Å². The Labute approximate surface area is 155 Å². The predicted molar refractivity (Wildman–Crippen MR) is 99.9 cm³/mol. The first kappa shape index (κ1) is 18.6. The number of hydrogen-bond donors (Lipinski definition) is 1. The zero-order chi connectivity index (χ0) is 18.7. The molecule has 2 heterocycles. The number of hydrogen-bond acceptors (Lipinski definition) is 4. The molecule has 1 aromatic heterocycles. The molecule has 1 aliphatic rings. The minimum atomic E-state index is -0.706.